The third-order valence-corrected chi connectivity index (χ3v) is 4.82. The van der Waals surface area contributed by atoms with E-state index in [1.165, 1.54) is 0 Å². The van der Waals surface area contributed by atoms with Crippen molar-refractivity contribution in [3.05, 3.63) is 0 Å². The fraction of sp³-hybridized carbons (Fsp3) is 0.842. The predicted molar refractivity (Wildman–Crippen MR) is 100 cm³/mol. The second-order valence-corrected chi connectivity index (χ2v) is 7.47. The molecule has 0 aromatic carbocycles. The smallest absolute Gasteiger partial charge is 0.246 e. The number of hydrogen-bond donors (Lipinski definition) is 3. The molecule has 3 N–H and O–H groups in total. The quantitative estimate of drug-likeness (QED) is 0.505. The second-order valence-electron chi connectivity index (χ2n) is 7.47. The molecular weight excluding hydrogens is 334 g/mol. The molecule has 0 unspecified atom stereocenters. The molecule has 1 saturated carbocycles. The van der Waals surface area contributed by atoms with Crippen LogP contribution in [0, 0.1) is 17.8 Å². The molecule has 1 aliphatic rings. The van der Waals surface area contributed by atoms with Gasteiger partial charge in [0.1, 0.15) is 12.6 Å². The van der Waals surface area contributed by atoms with Crippen molar-refractivity contribution in [2.75, 3.05) is 26.3 Å². The molecule has 1 aliphatic carbocycles. The predicted octanol–water partition coefficient (Wildman–Crippen LogP) is 1.22. The summed E-state index contributed by atoms with van der Waals surface area (Å²) in [6.07, 6.45) is 3.92. The summed E-state index contributed by atoms with van der Waals surface area (Å²) in [6.45, 7) is 9.02. The molecule has 0 aromatic heterocycles. The van der Waals surface area contributed by atoms with E-state index in [-0.39, 0.29) is 36.2 Å². The lowest BCUT2D eigenvalue weighted by Crippen LogP contribution is -2.52. The highest BCUT2D eigenvalue weighted by Crippen LogP contribution is 2.28. The highest BCUT2D eigenvalue weighted by atomic mass is 16.5. The van der Waals surface area contributed by atoms with Gasteiger partial charge >= 0.3 is 0 Å². The van der Waals surface area contributed by atoms with Crippen LogP contribution in [0.3, 0.4) is 0 Å². The van der Waals surface area contributed by atoms with Gasteiger partial charge in [0.2, 0.25) is 17.7 Å². The number of carbonyl (C=O) groups is 3. The van der Waals surface area contributed by atoms with Crippen molar-refractivity contribution >= 4 is 17.7 Å². The van der Waals surface area contributed by atoms with Crippen molar-refractivity contribution in [2.45, 2.75) is 59.4 Å². The Bertz CT molecular complexity index is 460. The molecule has 7 nitrogen and oxygen atoms in total. The van der Waals surface area contributed by atoms with Crippen LogP contribution in [-0.2, 0) is 19.1 Å². The lowest BCUT2D eigenvalue weighted by molar-refractivity contribution is -0.132. The molecule has 1 fully saturated rings. The molecule has 26 heavy (non-hydrogen) atoms. The summed E-state index contributed by atoms with van der Waals surface area (Å²) in [5.41, 5.74) is 0. The Labute approximate surface area is 157 Å². The van der Waals surface area contributed by atoms with E-state index in [4.69, 9.17) is 4.74 Å². The maximum Gasteiger partial charge on any atom is 0.246 e. The molecule has 0 aromatic rings. The van der Waals surface area contributed by atoms with Crippen LogP contribution >= 0.6 is 0 Å². The zero-order valence-electron chi connectivity index (χ0n) is 16.6. The molecular formula is C19H35N3O4. The highest BCUT2D eigenvalue weighted by Gasteiger charge is 2.29. The van der Waals surface area contributed by atoms with Crippen molar-refractivity contribution in [1.29, 1.82) is 0 Å². The molecule has 3 amide bonds. The van der Waals surface area contributed by atoms with E-state index in [0.717, 1.165) is 25.7 Å². The molecule has 0 saturated heterocycles. The topological polar surface area (TPSA) is 96.5 Å². The maximum absolute atomic E-state index is 12.5. The van der Waals surface area contributed by atoms with E-state index in [0.29, 0.717) is 25.6 Å². The average Bonchev–Trinajstić information content (AvgIpc) is 2.61. The fourth-order valence-corrected chi connectivity index (χ4v) is 3.07. The molecule has 7 heteroatoms. The summed E-state index contributed by atoms with van der Waals surface area (Å²) >= 11 is 0. The number of rotatable bonds is 10. The van der Waals surface area contributed by atoms with E-state index in [1.807, 2.05) is 20.8 Å². The Morgan fingerprint density at radius 1 is 1.04 bits per heavy atom. The van der Waals surface area contributed by atoms with Gasteiger partial charge in [0.05, 0.1) is 0 Å². The minimum atomic E-state index is -0.555. The lowest BCUT2D eigenvalue weighted by atomic mass is 9.82. The maximum atomic E-state index is 12.5. The number of hydrogen-bond acceptors (Lipinski definition) is 4. The van der Waals surface area contributed by atoms with E-state index in [1.54, 1.807) is 0 Å². The van der Waals surface area contributed by atoms with Crippen LogP contribution in [0.4, 0.5) is 0 Å². The first-order chi connectivity index (χ1) is 12.3. The Hall–Kier alpha value is -1.63. The van der Waals surface area contributed by atoms with Gasteiger partial charge in [-0.05, 0) is 44.4 Å². The van der Waals surface area contributed by atoms with Crippen LogP contribution in [-0.4, -0.2) is 50.1 Å². The largest absolute Gasteiger partial charge is 0.372 e. The normalized spacial score (nSPS) is 21.1. The third-order valence-electron chi connectivity index (χ3n) is 4.82. The van der Waals surface area contributed by atoms with Crippen LogP contribution < -0.4 is 16.0 Å². The molecule has 0 aliphatic heterocycles. The van der Waals surface area contributed by atoms with Crippen molar-refractivity contribution in [1.82, 2.24) is 16.0 Å². The third kappa shape index (κ3) is 8.17. The molecule has 1 rings (SSSR count). The van der Waals surface area contributed by atoms with Crippen LogP contribution in [0.5, 0.6) is 0 Å². The highest BCUT2D eigenvalue weighted by molar-refractivity contribution is 5.88. The van der Waals surface area contributed by atoms with E-state index in [9.17, 15) is 14.4 Å². The zero-order chi connectivity index (χ0) is 19.5. The van der Waals surface area contributed by atoms with Crippen LogP contribution in [0.15, 0.2) is 0 Å². The van der Waals surface area contributed by atoms with Crippen LogP contribution in [0.25, 0.3) is 0 Å². The van der Waals surface area contributed by atoms with Gasteiger partial charge in [-0.15, -0.1) is 0 Å². The minimum absolute atomic E-state index is 0.00555. The van der Waals surface area contributed by atoms with Gasteiger partial charge in [-0.3, -0.25) is 14.4 Å². The number of ether oxygens (including phenoxy) is 1. The Morgan fingerprint density at radius 3 is 2.23 bits per heavy atom. The summed E-state index contributed by atoms with van der Waals surface area (Å²) in [6, 6.07) is -0.555. The molecule has 0 heterocycles. The molecule has 150 valence electrons. The summed E-state index contributed by atoms with van der Waals surface area (Å²) in [5.74, 6) is 0.252. The van der Waals surface area contributed by atoms with Crippen molar-refractivity contribution in [3.8, 4) is 0 Å². The van der Waals surface area contributed by atoms with E-state index < -0.39 is 6.04 Å². The average molecular weight is 370 g/mol. The minimum Gasteiger partial charge on any atom is -0.372 e. The molecule has 0 bridgehead atoms. The summed E-state index contributed by atoms with van der Waals surface area (Å²) in [4.78, 5) is 36.3. The molecule has 0 spiro atoms. The van der Waals surface area contributed by atoms with Crippen molar-refractivity contribution in [2.24, 2.45) is 17.8 Å². The van der Waals surface area contributed by atoms with Gasteiger partial charge in [-0.25, -0.2) is 0 Å². The summed E-state index contributed by atoms with van der Waals surface area (Å²) < 4.78 is 5.00. The van der Waals surface area contributed by atoms with Crippen molar-refractivity contribution < 1.29 is 19.1 Å². The van der Waals surface area contributed by atoms with E-state index in [2.05, 4.69) is 22.9 Å². The Kier molecular flexibility index (Phi) is 10.2. The fourth-order valence-electron chi connectivity index (χ4n) is 3.07. The van der Waals surface area contributed by atoms with Gasteiger partial charge in [-0.1, -0.05) is 20.8 Å². The van der Waals surface area contributed by atoms with Gasteiger partial charge < -0.3 is 20.7 Å². The Balaban J connectivity index is 2.37. The first-order valence-electron chi connectivity index (χ1n) is 9.77. The van der Waals surface area contributed by atoms with Crippen LogP contribution in [0.1, 0.15) is 53.4 Å². The SMILES string of the molecule is CCOCC(=O)NCCNC(=O)[C@H](NC(=O)C1CCC(C)CC1)C(C)C. The Morgan fingerprint density at radius 2 is 1.65 bits per heavy atom. The van der Waals surface area contributed by atoms with Gasteiger partial charge in [0.15, 0.2) is 0 Å². The van der Waals surface area contributed by atoms with Crippen LogP contribution in [0.2, 0.25) is 0 Å². The first kappa shape index (κ1) is 22.4. The first-order valence-corrected chi connectivity index (χ1v) is 9.77. The van der Waals surface area contributed by atoms with Crippen molar-refractivity contribution in [3.63, 3.8) is 0 Å². The number of nitrogens with one attached hydrogen (secondary N) is 3. The van der Waals surface area contributed by atoms with Gasteiger partial charge in [-0.2, -0.15) is 0 Å². The molecule has 1 atom stereocenters. The van der Waals surface area contributed by atoms with Gasteiger partial charge in [0, 0.05) is 25.6 Å². The standard InChI is InChI=1S/C19H35N3O4/c1-5-26-12-16(23)20-10-11-21-19(25)17(13(2)3)22-18(24)15-8-6-14(4)7-9-15/h13-15,17H,5-12H2,1-4H3,(H,20,23)(H,21,25)(H,22,24)/t14?,15?,17-/m1/s1. The van der Waals surface area contributed by atoms with Gasteiger partial charge in [0.25, 0.3) is 0 Å². The summed E-state index contributed by atoms with van der Waals surface area (Å²) in [7, 11) is 0. The number of amides is 3. The summed E-state index contributed by atoms with van der Waals surface area (Å²) in [5, 5.41) is 8.37. The zero-order valence-corrected chi connectivity index (χ0v) is 16.6. The van der Waals surface area contributed by atoms with E-state index >= 15 is 0 Å². The number of carbonyl (C=O) groups excluding carboxylic acids is 3. The lowest BCUT2D eigenvalue weighted by Gasteiger charge is -2.28. The monoisotopic (exact) mass is 369 g/mol. The second kappa shape index (κ2) is 11.9. The molecule has 0 radical (unpaired) electrons.